The minimum Gasteiger partial charge on any atom is -0.494 e. The van der Waals surface area contributed by atoms with E-state index in [0.717, 1.165) is 0 Å². The Morgan fingerprint density at radius 2 is 1.60 bits per heavy atom. The fourth-order valence-corrected chi connectivity index (χ4v) is 2.78. The lowest BCUT2D eigenvalue weighted by Crippen LogP contribution is -2.35. The topological polar surface area (TPSA) is 67.4 Å². The third kappa shape index (κ3) is 5.01. The Labute approximate surface area is 160 Å². The molecule has 0 unspecified atom stereocenters. The maximum Gasteiger partial charge on any atom is 0.256 e. The maximum atomic E-state index is 12.3. The molecule has 2 amide bonds. The Hall–Kier alpha value is -1.95. The zero-order chi connectivity index (χ0) is 18.4. The molecule has 0 radical (unpaired) electrons. The molecule has 0 atom stereocenters. The van der Waals surface area contributed by atoms with E-state index in [1.54, 1.807) is 30.3 Å². The van der Waals surface area contributed by atoms with Gasteiger partial charge in [0.05, 0.1) is 17.2 Å². The fraction of sp³-hybridized carbons (Fsp3) is 0.176. The summed E-state index contributed by atoms with van der Waals surface area (Å²) in [5, 5.41) is 6.33. The summed E-state index contributed by atoms with van der Waals surface area (Å²) in [7, 11) is 1.40. The number of nitrogens with one attached hydrogen (secondary N) is 2. The molecule has 25 heavy (non-hydrogen) atoms. The SMILES string of the molecule is COc1c(Cl)ccc(Cl)c1C(=O)NCCNC(=O)c1cccc(Cl)c1. The lowest BCUT2D eigenvalue weighted by Gasteiger charge is -2.12. The molecule has 2 N–H and O–H groups in total. The number of halogens is 3. The molecule has 0 aliphatic heterocycles. The molecule has 5 nitrogen and oxygen atoms in total. The molecule has 0 aliphatic carbocycles. The van der Waals surface area contributed by atoms with Gasteiger partial charge in [0.1, 0.15) is 5.56 Å². The van der Waals surface area contributed by atoms with Crippen LogP contribution in [0.2, 0.25) is 15.1 Å². The maximum absolute atomic E-state index is 12.3. The van der Waals surface area contributed by atoms with Crippen molar-refractivity contribution < 1.29 is 14.3 Å². The smallest absolute Gasteiger partial charge is 0.256 e. The predicted molar refractivity (Wildman–Crippen MR) is 99.1 cm³/mol. The molecule has 132 valence electrons. The van der Waals surface area contributed by atoms with Crippen LogP contribution in [-0.4, -0.2) is 32.0 Å². The molecular weight excluding hydrogens is 387 g/mol. The first-order chi connectivity index (χ1) is 11.9. The summed E-state index contributed by atoms with van der Waals surface area (Å²) in [5.41, 5.74) is 0.594. The molecule has 0 bridgehead atoms. The van der Waals surface area contributed by atoms with Crippen molar-refractivity contribution >= 4 is 46.6 Å². The fourth-order valence-electron chi connectivity index (χ4n) is 2.12. The van der Waals surface area contributed by atoms with Gasteiger partial charge in [-0.3, -0.25) is 9.59 Å². The van der Waals surface area contributed by atoms with E-state index in [4.69, 9.17) is 39.5 Å². The van der Waals surface area contributed by atoms with Gasteiger partial charge in [-0.25, -0.2) is 0 Å². The predicted octanol–water partition coefficient (Wildman–Crippen LogP) is 3.82. The molecule has 0 aliphatic rings. The van der Waals surface area contributed by atoms with E-state index in [0.29, 0.717) is 10.6 Å². The molecule has 2 aromatic rings. The lowest BCUT2D eigenvalue weighted by atomic mass is 10.2. The van der Waals surface area contributed by atoms with Crippen LogP contribution < -0.4 is 15.4 Å². The van der Waals surface area contributed by atoms with Crippen molar-refractivity contribution in [1.29, 1.82) is 0 Å². The van der Waals surface area contributed by atoms with E-state index in [1.807, 2.05) is 0 Å². The highest BCUT2D eigenvalue weighted by Crippen LogP contribution is 2.33. The van der Waals surface area contributed by atoms with E-state index in [-0.39, 0.29) is 40.4 Å². The van der Waals surface area contributed by atoms with E-state index in [9.17, 15) is 9.59 Å². The average molecular weight is 402 g/mol. The van der Waals surface area contributed by atoms with Crippen molar-refractivity contribution in [2.24, 2.45) is 0 Å². The summed E-state index contributed by atoms with van der Waals surface area (Å²) in [4.78, 5) is 24.3. The molecule has 2 aromatic carbocycles. The molecule has 0 heterocycles. The number of hydrogen-bond acceptors (Lipinski definition) is 3. The number of amides is 2. The van der Waals surface area contributed by atoms with E-state index < -0.39 is 5.91 Å². The molecule has 0 fully saturated rings. The first kappa shape index (κ1) is 19.4. The standard InChI is InChI=1S/C17H15Cl3N2O3/c1-25-15-13(20)6-5-12(19)14(15)17(24)22-8-7-21-16(23)10-3-2-4-11(18)9-10/h2-6,9H,7-8H2,1H3,(H,21,23)(H,22,24). The molecular formula is C17H15Cl3N2O3. The highest BCUT2D eigenvalue weighted by atomic mass is 35.5. The van der Waals surface area contributed by atoms with Crippen molar-refractivity contribution in [2.75, 3.05) is 20.2 Å². The number of ether oxygens (including phenoxy) is 1. The van der Waals surface area contributed by atoms with Crippen LogP contribution in [0.15, 0.2) is 36.4 Å². The summed E-state index contributed by atoms with van der Waals surface area (Å²) in [5.74, 6) is -0.522. The molecule has 0 spiro atoms. The summed E-state index contributed by atoms with van der Waals surface area (Å²) >= 11 is 17.9. The number of hydrogen-bond donors (Lipinski definition) is 2. The zero-order valence-electron chi connectivity index (χ0n) is 13.2. The van der Waals surface area contributed by atoms with Crippen LogP contribution in [0.25, 0.3) is 0 Å². The minimum absolute atomic E-state index is 0.151. The van der Waals surface area contributed by atoms with Crippen LogP contribution in [0.4, 0.5) is 0 Å². The second-order valence-electron chi connectivity index (χ2n) is 4.96. The van der Waals surface area contributed by atoms with Gasteiger partial charge in [-0.05, 0) is 30.3 Å². The molecule has 0 saturated heterocycles. The quantitative estimate of drug-likeness (QED) is 0.723. The van der Waals surface area contributed by atoms with Crippen molar-refractivity contribution in [3.05, 3.63) is 62.6 Å². The first-order valence-corrected chi connectivity index (χ1v) is 8.41. The van der Waals surface area contributed by atoms with Gasteiger partial charge in [-0.2, -0.15) is 0 Å². The van der Waals surface area contributed by atoms with Crippen LogP contribution in [0.1, 0.15) is 20.7 Å². The summed E-state index contributed by atoms with van der Waals surface area (Å²) in [6.07, 6.45) is 0. The molecule has 2 rings (SSSR count). The van der Waals surface area contributed by atoms with Gasteiger partial charge >= 0.3 is 0 Å². The van der Waals surface area contributed by atoms with Crippen LogP contribution in [-0.2, 0) is 0 Å². The zero-order valence-corrected chi connectivity index (χ0v) is 15.5. The number of carbonyl (C=O) groups excluding carboxylic acids is 2. The van der Waals surface area contributed by atoms with Gasteiger partial charge in [0.25, 0.3) is 11.8 Å². The third-order valence-electron chi connectivity index (χ3n) is 3.27. The number of carbonyl (C=O) groups is 2. The summed E-state index contributed by atoms with van der Waals surface area (Å²) < 4.78 is 5.13. The summed E-state index contributed by atoms with van der Waals surface area (Å²) in [6.45, 7) is 0.439. The third-order valence-corrected chi connectivity index (χ3v) is 4.12. The Kier molecular flexibility index (Phi) is 6.93. The second kappa shape index (κ2) is 8.94. The normalized spacial score (nSPS) is 10.2. The first-order valence-electron chi connectivity index (χ1n) is 7.28. The Morgan fingerprint density at radius 1 is 0.960 bits per heavy atom. The summed E-state index contributed by atoms with van der Waals surface area (Å²) in [6, 6.07) is 9.64. The van der Waals surface area contributed by atoms with Gasteiger partial charge in [0, 0.05) is 23.7 Å². The Bertz CT molecular complexity index is 797. The van der Waals surface area contributed by atoms with E-state index >= 15 is 0 Å². The highest BCUT2D eigenvalue weighted by molar-refractivity contribution is 6.37. The van der Waals surface area contributed by atoms with Gasteiger partial charge in [0.2, 0.25) is 0 Å². The van der Waals surface area contributed by atoms with Gasteiger partial charge in [0.15, 0.2) is 5.75 Å². The van der Waals surface area contributed by atoms with Crippen LogP contribution in [0.3, 0.4) is 0 Å². The van der Waals surface area contributed by atoms with E-state index in [2.05, 4.69) is 10.6 Å². The second-order valence-corrected chi connectivity index (χ2v) is 6.21. The van der Waals surface area contributed by atoms with Crippen LogP contribution in [0, 0.1) is 0 Å². The largest absolute Gasteiger partial charge is 0.494 e. The van der Waals surface area contributed by atoms with Gasteiger partial charge in [-0.15, -0.1) is 0 Å². The van der Waals surface area contributed by atoms with Crippen molar-refractivity contribution in [3.8, 4) is 5.75 Å². The monoisotopic (exact) mass is 400 g/mol. The van der Waals surface area contributed by atoms with Gasteiger partial charge < -0.3 is 15.4 Å². The number of benzene rings is 2. The highest BCUT2D eigenvalue weighted by Gasteiger charge is 2.19. The minimum atomic E-state index is -0.443. The lowest BCUT2D eigenvalue weighted by molar-refractivity contribution is 0.0926. The van der Waals surface area contributed by atoms with E-state index in [1.165, 1.54) is 13.2 Å². The number of methoxy groups -OCH3 is 1. The molecule has 8 heteroatoms. The number of rotatable bonds is 6. The van der Waals surface area contributed by atoms with Crippen LogP contribution in [0.5, 0.6) is 5.75 Å². The van der Waals surface area contributed by atoms with Gasteiger partial charge in [-0.1, -0.05) is 40.9 Å². The molecule has 0 aromatic heterocycles. The van der Waals surface area contributed by atoms with Crippen molar-refractivity contribution in [2.45, 2.75) is 0 Å². The van der Waals surface area contributed by atoms with Crippen LogP contribution >= 0.6 is 34.8 Å². The Morgan fingerprint density at radius 3 is 2.24 bits per heavy atom. The molecule has 0 saturated carbocycles. The van der Waals surface area contributed by atoms with Crippen molar-refractivity contribution in [1.82, 2.24) is 10.6 Å². The Balaban J connectivity index is 1.91. The average Bonchev–Trinajstić information content (AvgIpc) is 2.59. The van der Waals surface area contributed by atoms with Crippen molar-refractivity contribution in [3.63, 3.8) is 0 Å².